The van der Waals surface area contributed by atoms with Crippen molar-refractivity contribution < 1.29 is 23.5 Å². The van der Waals surface area contributed by atoms with Crippen LogP contribution in [-0.4, -0.2) is 99.6 Å². The topological polar surface area (TPSA) is 80.1 Å². The summed E-state index contributed by atoms with van der Waals surface area (Å²) in [5.74, 6) is 0.148. The number of carbonyl (C=O) groups excluding carboxylic acids is 2. The zero-order chi connectivity index (χ0) is 34.9. The lowest BCUT2D eigenvalue weighted by molar-refractivity contribution is -0.0377. The second-order valence-electron chi connectivity index (χ2n) is 15.1. The highest BCUT2D eigenvalue weighted by Crippen LogP contribution is 2.39. The molecule has 3 aromatic rings. The third-order valence-electron chi connectivity index (χ3n) is 9.89. The van der Waals surface area contributed by atoms with Gasteiger partial charge in [-0.2, -0.15) is 5.10 Å². The van der Waals surface area contributed by atoms with E-state index < -0.39 is 11.4 Å². The molecular formula is C38H54FN5O4. The first kappa shape index (κ1) is 35.8. The lowest BCUT2D eigenvalue weighted by atomic mass is 9.83. The standard InChI is InChI=1S/C38H54FN5O4/c1-10-43(25(4)5)36(45)32-19-28(39)11-13-30(32)31-17-26(18-35-33(31)20-40-41(35)9)27-21-42(22-27)34(24(2)3)14-12-29-23-47-16-15-44(29)37(46)48-38(6,7)8/h11,13,17-20,24-25,27,29,34H,10,12,14-16,21-23H2,1-9H3/t29-,34?/m1/s1. The zero-order valence-electron chi connectivity index (χ0n) is 30.3. The normalized spacial score (nSPS) is 18.4. The first-order valence-corrected chi connectivity index (χ1v) is 17.6. The molecule has 48 heavy (non-hydrogen) atoms. The number of amides is 2. The van der Waals surface area contributed by atoms with Gasteiger partial charge in [0.25, 0.3) is 5.91 Å². The molecule has 0 bridgehead atoms. The number of halogens is 1. The first-order chi connectivity index (χ1) is 22.7. The number of ether oxygens (including phenoxy) is 2. The predicted octanol–water partition coefficient (Wildman–Crippen LogP) is 7.09. The van der Waals surface area contributed by atoms with E-state index in [1.165, 1.54) is 17.7 Å². The van der Waals surface area contributed by atoms with Gasteiger partial charge < -0.3 is 19.3 Å². The number of carbonyl (C=O) groups is 2. The minimum Gasteiger partial charge on any atom is -0.444 e. The average Bonchev–Trinajstić information content (AvgIpc) is 3.37. The van der Waals surface area contributed by atoms with E-state index >= 15 is 0 Å². The van der Waals surface area contributed by atoms with Gasteiger partial charge in [-0.15, -0.1) is 0 Å². The Bertz CT molecular complexity index is 1610. The van der Waals surface area contributed by atoms with Crippen LogP contribution in [0.25, 0.3) is 22.0 Å². The third kappa shape index (κ3) is 7.70. The highest BCUT2D eigenvalue weighted by molar-refractivity contribution is 6.05. The van der Waals surface area contributed by atoms with Crippen molar-refractivity contribution in [3.63, 3.8) is 0 Å². The second-order valence-corrected chi connectivity index (χ2v) is 15.1. The molecule has 2 saturated heterocycles. The molecule has 10 heteroatoms. The van der Waals surface area contributed by atoms with Crippen molar-refractivity contribution in [3.8, 4) is 11.1 Å². The van der Waals surface area contributed by atoms with Crippen molar-refractivity contribution in [1.29, 1.82) is 0 Å². The number of fused-ring (bicyclic) bond motifs is 1. The second kappa shape index (κ2) is 14.5. The number of nitrogens with zero attached hydrogens (tertiary/aromatic N) is 5. The third-order valence-corrected chi connectivity index (χ3v) is 9.89. The summed E-state index contributed by atoms with van der Waals surface area (Å²) in [4.78, 5) is 32.9. The minimum absolute atomic E-state index is 0.00586. The van der Waals surface area contributed by atoms with E-state index in [2.05, 4.69) is 36.0 Å². The maximum atomic E-state index is 14.6. The summed E-state index contributed by atoms with van der Waals surface area (Å²) >= 11 is 0. The van der Waals surface area contributed by atoms with Crippen LogP contribution in [0, 0.1) is 11.7 Å². The number of hydrogen-bond acceptors (Lipinski definition) is 6. The van der Waals surface area contributed by atoms with Gasteiger partial charge in [-0.25, -0.2) is 9.18 Å². The van der Waals surface area contributed by atoms with Gasteiger partial charge in [0.2, 0.25) is 0 Å². The van der Waals surface area contributed by atoms with Crippen molar-refractivity contribution in [2.45, 2.75) is 97.9 Å². The van der Waals surface area contributed by atoms with E-state index in [9.17, 15) is 14.0 Å². The van der Waals surface area contributed by atoms with Crippen LogP contribution in [0.3, 0.4) is 0 Å². The fraction of sp³-hybridized carbons (Fsp3) is 0.605. The fourth-order valence-electron chi connectivity index (χ4n) is 7.30. The number of morpholine rings is 1. The molecule has 2 fully saturated rings. The highest BCUT2D eigenvalue weighted by atomic mass is 19.1. The SMILES string of the molecule is CCN(C(=O)c1cc(F)ccc1-c1cc(C2CN(C(CC[C@@H]3COCCN3C(=O)OC(C)(C)C)C(C)C)C2)cc2c1cnn2C)C(C)C. The van der Waals surface area contributed by atoms with Crippen molar-refractivity contribution in [2.24, 2.45) is 13.0 Å². The molecule has 2 amide bonds. The lowest BCUT2D eigenvalue weighted by Gasteiger charge is -2.47. The number of benzene rings is 2. The molecular weight excluding hydrogens is 609 g/mol. The Morgan fingerprint density at radius 3 is 2.48 bits per heavy atom. The molecule has 1 aromatic heterocycles. The quantitative estimate of drug-likeness (QED) is 0.231. The van der Waals surface area contributed by atoms with Crippen LogP contribution in [0.4, 0.5) is 9.18 Å². The number of hydrogen-bond donors (Lipinski definition) is 0. The van der Waals surface area contributed by atoms with Crippen molar-refractivity contribution in [3.05, 3.63) is 53.5 Å². The minimum atomic E-state index is -0.539. The summed E-state index contributed by atoms with van der Waals surface area (Å²) in [7, 11) is 1.93. The summed E-state index contributed by atoms with van der Waals surface area (Å²) in [6, 6.07) is 9.29. The maximum absolute atomic E-state index is 14.6. The molecule has 0 saturated carbocycles. The van der Waals surface area contributed by atoms with Crippen LogP contribution < -0.4 is 0 Å². The molecule has 1 unspecified atom stereocenters. The summed E-state index contributed by atoms with van der Waals surface area (Å²) < 4.78 is 28.0. The highest BCUT2D eigenvalue weighted by Gasteiger charge is 2.37. The smallest absolute Gasteiger partial charge is 0.410 e. The Balaban J connectivity index is 1.37. The number of aryl methyl sites for hydroxylation is 1. The van der Waals surface area contributed by atoms with E-state index in [4.69, 9.17) is 9.47 Å². The van der Waals surface area contributed by atoms with Crippen LogP contribution >= 0.6 is 0 Å². The van der Waals surface area contributed by atoms with E-state index in [0.717, 1.165) is 48.0 Å². The van der Waals surface area contributed by atoms with Crippen molar-refractivity contribution >= 4 is 22.9 Å². The van der Waals surface area contributed by atoms with Gasteiger partial charge in [0.1, 0.15) is 11.4 Å². The van der Waals surface area contributed by atoms with Gasteiger partial charge in [-0.05, 0) is 101 Å². The molecule has 9 nitrogen and oxygen atoms in total. The van der Waals surface area contributed by atoms with Crippen LogP contribution in [0.5, 0.6) is 0 Å². The molecule has 0 N–H and O–H groups in total. The molecule has 0 spiro atoms. The van der Waals surface area contributed by atoms with Gasteiger partial charge in [-0.1, -0.05) is 19.9 Å². The van der Waals surface area contributed by atoms with E-state index in [1.54, 1.807) is 11.0 Å². The van der Waals surface area contributed by atoms with Crippen LogP contribution in [-0.2, 0) is 16.5 Å². The summed E-state index contributed by atoms with van der Waals surface area (Å²) in [6.07, 6.45) is 3.37. The van der Waals surface area contributed by atoms with Crippen LogP contribution in [0.1, 0.15) is 90.1 Å². The molecule has 2 aromatic carbocycles. The van der Waals surface area contributed by atoms with E-state index in [0.29, 0.717) is 49.7 Å². The Hall–Kier alpha value is -3.50. The van der Waals surface area contributed by atoms with Gasteiger partial charge >= 0.3 is 6.09 Å². The molecule has 2 aliphatic heterocycles. The Kier molecular flexibility index (Phi) is 10.8. The molecule has 0 aliphatic carbocycles. The summed E-state index contributed by atoms with van der Waals surface area (Å²) in [6.45, 7) is 20.1. The first-order valence-electron chi connectivity index (χ1n) is 17.6. The number of aromatic nitrogens is 2. The van der Waals surface area contributed by atoms with Crippen molar-refractivity contribution in [2.75, 3.05) is 39.4 Å². The van der Waals surface area contributed by atoms with Crippen LogP contribution in [0.15, 0.2) is 36.5 Å². The van der Waals surface area contributed by atoms with Crippen molar-refractivity contribution in [1.82, 2.24) is 24.5 Å². The summed E-state index contributed by atoms with van der Waals surface area (Å²) in [5.41, 5.74) is 3.63. The molecule has 2 atom stereocenters. The van der Waals surface area contributed by atoms with Gasteiger partial charge in [-0.3, -0.25) is 14.4 Å². The van der Waals surface area contributed by atoms with Gasteiger partial charge in [0.15, 0.2) is 0 Å². The Morgan fingerprint density at radius 1 is 1.10 bits per heavy atom. The monoisotopic (exact) mass is 663 g/mol. The Morgan fingerprint density at radius 2 is 1.83 bits per heavy atom. The molecule has 0 radical (unpaired) electrons. The van der Waals surface area contributed by atoms with E-state index in [-0.39, 0.29) is 24.1 Å². The molecule has 3 heterocycles. The maximum Gasteiger partial charge on any atom is 0.410 e. The van der Waals surface area contributed by atoms with Crippen LogP contribution in [0.2, 0.25) is 0 Å². The van der Waals surface area contributed by atoms with E-state index in [1.807, 2.05) is 64.4 Å². The summed E-state index contributed by atoms with van der Waals surface area (Å²) in [5, 5.41) is 5.50. The lowest BCUT2D eigenvalue weighted by Crippen LogP contribution is -2.54. The fourth-order valence-corrected chi connectivity index (χ4v) is 7.30. The van der Waals surface area contributed by atoms with Gasteiger partial charge in [0, 0.05) is 56.6 Å². The Labute approximate surface area is 285 Å². The zero-order valence-corrected chi connectivity index (χ0v) is 30.3. The molecule has 5 rings (SSSR count). The predicted molar refractivity (Wildman–Crippen MR) is 188 cm³/mol. The largest absolute Gasteiger partial charge is 0.444 e. The number of rotatable bonds is 10. The molecule has 262 valence electrons. The average molecular weight is 664 g/mol. The molecule has 2 aliphatic rings. The van der Waals surface area contributed by atoms with Gasteiger partial charge in [0.05, 0.1) is 36.5 Å². The number of likely N-dealkylation sites (tertiary alicyclic amines) is 1.